The van der Waals surface area contributed by atoms with Crippen LogP contribution in [0, 0.1) is 0 Å². The van der Waals surface area contributed by atoms with Crippen molar-refractivity contribution in [2.75, 3.05) is 20.3 Å². The minimum absolute atomic E-state index is 0.225. The maximum atomic E-state index is 10.5. The van der Waals surface area contributed by atoms with E-state index in [2.05, 4.69) is 0 Å². The molecule has 0 saturated carbocycles. The van der Waals surface area contributed by atoms with E-state index in [9.17, 15) is 4.79 Å². The third-order valence-electron chi connectivity index (χ3n) is 1.00. The second-order valence-corrected chi connectivity index (χ2v) is 1.80. The van der Waals surface area contributed by atoms with Gasteiger partial charge in [-0.1, -0.05) is 0 Å². The first-order chi connectivity index (χ1) is 4.72. The van der Waals surface area contributed by atoms with E-state index in [1.807, 2.05) is 0 Å². The van der Waals surface area contributed by atoms with E-state index in [-0.39, 0.29) is 6.61 Å². The summed E-state index contributed by atoms with van der Waals surface area (Å²) in [5.41, 5.74) is 4.96. The highest BCUT2D eigenvalue weighted by atomic mass is 16.5. The lowest BCUT2D eigenvalue weighted by molar-refractivity contribution is -0.132. The van der Waals surface area contributed by atoms with Crippen molar-refractivity contribution < 1.29 is 14.3 Å². The highest BCUT2D eigenvalue weighted by Gasteiger charge is 2.13. The molecule has 2 N–H and O–H groups in total. The van der Waals surface area contributed by atoms with E-state index >= 15 is 0 Å². The molecule has 0 aromatic heterocycles. The summed E-state index contributed by atoms with van der Waals surface area (Å²) in [6.45, 7) is 2.49. The number of rotatable bonds is 5. The molecule has 1 atom stereocenters. The predicted molar refractivity (Wildman–Crippen MR) is 36.5 cm³/mol. The van der Waals surface area contributed by atoms with Crippen LogP contribution < -0.4 is 5.73 Å². The molecule has 0 aliphatic carbocycles. The zero-order valence-corrected chi connectivity index (χ0v) is 6.29. The molecule has 0 saturated heterocycles. The second-order valence-electron chi connectivity index (χ2n) is 1.80. The number of ether oxygens (including phenoxy) is 2. The average Bonchev–Trinajstić information content (AvgIpc) is 1.87. The molecule has 0 heterocycles. The molecular formula is C6H13NO3. The molecule has 0 bridgehead atoms. The Balaban J connectivity index is 3.61. The predicted octanol–water partition coefficient (Wildman–Crippen LogP) is -0.477. The van der Waals surface area contributed by atoms with Crippen molar-refractivity contribution in [3.05, 3.63) is 0 Å². The Bertz CT molecular complexity index is 99.2. The lowest BCUT2D eigenvalue weighted by Crippen LogP contribution is -2.34. The molecule has 4 heteroatoms. The summed E-state index contributed by atoms with van der Waals surface area (Å²) in [7, 11) is 1.50. The average molecular weight is 147 g/mol. The number of amides is 1. The zero-order valence-electron chi connectivity index (χ0n) is 6.29. The Kier molecular flexibility index (Phi) is 4.88. The van der Waals surface area contributed by atoms with Crippen molar-refractivity contribution in [1.29, 1.82) is 0 Å². The summed E-state index contributed by atoms with van der Waals surface area (Å²) in [6.07, 6.45) is -0.602. The minimum Gasteiger partial charge on any atom is -0.381 e. The van der Waals surface area contributed by atoms with Crippen LogP contribution in [0.15, 0.2) is 0 Å². The van der Waals surface area contributed by atoms with Gasteiger partial charge in [0.2, 0.25) is 5.91 Å². The number of hydrogen-bond donors (Lipinski definition) is 1. The Hall–Kier alpha value is -0.610. The Morgan fingerprint density at radius 3 is 2.60 bits per heavy atom. The molecule has 0 radical (unpaired) electrons. The number of methoxy groups -OCH3 is 1. The summed E-state index contributed by atoms with van der Waals surface area (Å²) >= 11 is 0. The molecule has 0 aromatic rings. The van der Waals surface area contributed by atoms with Crippen LogP contribution in [0.3, 0.4) is 0 Å². The quantitative estimate of drug-likeness (QED) is 0.571. The highest BCUT2D eigenvalue weighted by molar-refractivity contribution is 5.78. The van der Waals surface area contributed by atoms with Gasteiger partial charge in [-0.2, -0.15) is 0 Å². The Morgan fingerprint density at radius 2 is 2.30 bits per heavy atom. The fourth-order valence-electron chi connectivity index (χ4n) is 0.565. The highest BCUT2D eigenvalue weighted by Crippen LogP contribution is 1.90. The fourth-order valence-corrected chi connectivity index (χ4v) is 0.565. The summed E-state index contributed by atoms with van der Waals surface area (Å²) < 4.78 is 9.64. The zero-order chi connectivity index (χ0) is 7.98. The molecule has 0 spiro atoms. The minimum atomic E-state index is -0.602. The second kappa shape index (κ2) is 5.20. The van der Waals surface area contributed by atoms with Gasteiger partial charge in [0.05, 0.1) is 6.61 Å². The van der Waals surface area contributed by atoms with Crippen molar-refractivity contribution in [3.63, 3.8) is 0 Å². The van der Waals surface area contributed by atoms with E-state index in [0.717, 1.165) is 0 Å². The summed E-state index contributed by atoms with van der Waals surface area (Å²) in [6, 6.07) is 0. The first kappa shape index (κ1) is 9.39. The van der Waals surface area contributed by atoms with Crippen LogP contribution in [0.1, 0.15) is 6.92 Å². The molecule has 0 aromatic carbocycles. The standard InChI is InChI=1S/C6H13NO3/c1-3-10-5(4-9-2)6(7)8/h5H,3-4H2,1-2H3,(H2,7,8). The van der Waals surface area contributed by atoms with Crippen molar-refractivity contribution in [2.45, 2.75) is 13.0 Å². The van der Waals surface area contributed by atoms with Crippen molar-refractivity contribution in [3.8, 4) is 0 Å². The van der Waals surface area contributed by atoms with E-state index in [1.165, 1.54) is 7.11 Å². The lowest BCUT2D eigenvalue weighted by atomic mass is 10.3. The summed E-state index contributed by atoms with van der Waals surface area (Å²) in [5.74, 6) is -0.483. The smallest absolute Gasteiger partial charge is 0.248 e. The van der Waals surface area contributed by atoms with Crippen molar-refractivity contribution >= 4 is 5.91 Å². The van der Waals surface area contributed by atoms with Gasteiger partial charge in [0.15, 0.2) is 6.10 Å². The van der Waals surface area contributed by atoms with Gasteiger partial charge in [-0.25, -0.2) is 0 Å². The Morgan fingerprint density at radius 1 is 1.70 bits per heavy atom. The van der Waals surface area contributed by atoms with E-state index < -0.39 is 12.0 Å². The van der Waals surface area contributed by atoms with Crippen LogP contribution in [0.4, 0.5) is 0 Å². The molecule has 1 amide bonds. The van der Waals surface area contributed by atoms with Crippen LogP contribution in [-0.2, 0) is 14.3 Å². The number of carbonyl (C=O) groups excluding carboxylic acids is 1. The van der Waals surface area contributed by atoms with E-state index in [4.69, 9.17) is 15.2 Å². The monoisotopic (exact) mass is 147 g/mol. The molecule has 0 rings (SSSR count). The van der Waals surface area contributed by atoms with Gasteiger partial charge in [-0.05, 0) is 6.92 Å². The van der Waals surface area contributed by atoms with Gasteiger partial charge in [0, 0.05) is 13.7 Å². The first-order valence-corrected chi connectivity index (χ1v) is 3.12. The maximum Gasteiger partial charge on any atom is 0.248 e. The van der Waals surface area contributed by atoms with Crippen LogP contribution in [0.5, 0.6) is 0 Å². The molecule has 0 aliphatic rings. The first-order valence-electron chi connectivity index (χ1n) is 3.12. The van der Waals surface area contributed by atoms with Gasteiger partial charge >= 0.3 is 0 Å². The molecule has 0 aliphatic heterocycles. The Labute approximate surface area is 60.3 Å². The van der Waals surface area contributed by atoms with Crippen LogP contribution in [0.25, 0.3) is 0 Å². The number of primary amides is 1. The fraction of sp³-hybridized carbons (Fsp3) is 0.833. The van der Waals surface area contributed by atoms with Crippen LogP contribution in [-0.4, -0.2) is 32.3 Å². The van der Waals surface area contributed by atoms with Gasteiger partial charge in [-0.3, -0.25) is 4.79 Å². The third-order valence-corrected chi connectivity index (χ3v) is 1.00. The summed E-state index contributed by atoms with van der Waals surface area (Å²) in [4.78, 5) is 10.5. The molecule has 4 nitrogen and oxygen atoms in total. The lowest BCUT2D eigenvalue weighted by Gasteiger charge is -2.10. The van der Waals surface area contributed by atoms with Crippen LogP contribution >= 0.6 is 0 Å². The van der Waals surface area contributed by atoms with Gasteiger partial charge in [0.25, 0.3) is 0 Å². The topological polar surface area (TPSA) is 61.6 Å². The molecular weight excluding hydrogens is 134 g/mol. The number of hydrogen-bond acceptors (Lipinski definition) is 3. The van der Waals surface area contributed by atoms with Crippen molar-refractivity contribution in [2.24, 2.45) is 5.73 Å². The summed E-state index contributed by atoms with van der Waals surface area (Å²) in [5, 5.41) is 0. The van der Waals surface area contributed by atoms with E-state index in [1.54, 1.807) is 6.92 Å². The molecule has 60 valence electrons. The largest absolute Gasteiger partial charge is 0.381 e. The van der Waals surface area contributed by atoms with Crippen molar-refractivity contribution in [1.82, 2.24) is 0 Å². The maximum absolute atomic E-state index is 10.5. The SMILES string of the molecule is CCOC(COC)C(N)=O. The molecule has 10 heavy (non-hydrogen) atoms. The third kappa shape index (κ3) is 3.42. The molecule has 1 unspecified atom stereocenters. The van der Waals surface area contributed by atoms with Gasteiger partial charge in [0.1, 0.15) is 0 Å². The molecule has 0 fully saturated rings. The number of carbonyl (C=O) groups is 1. The van der Waals surface area contributed by atoms with Gasteiger partial charge in [-0.15, -0.1) is 0 Å². The number of nitrogens with two attached hydrogens (primary N) is 1. The normalized spacial score (nSPS) is 13.0. The van der Waals surface area contributed by atoms with Gasteiger partial charge < -0.3 is 15.2 Å². The van der Waals surface area contributed by atoms with E-state index in [0.29, 0.717) is 6.61 Å². The van der Waals surface area contributed by atoms with Crippen LogP contribution in [0.2, 0.25) is 0 Å².